The Kier molecular flexibility index (Phi) is 4.04. The molecule has 0 saturated heterocycles. The van der Waals surface area contributed by atoms with E-state index >= 15 is 0 Å². The largest absolute Gasteiger partial charge is 0.345 e. The lowest BCUT2D eigenvalue weighted by Crippen LogP contribution is -2.22. The lowest BCUT2D eigenvalue weighted by molar-refractivity contribution is -0.125. The monoisotopic (exact) mass is 170 g/mol. The van der Waals surface area contributed by atoms with Crippen molar-refractivity contribution in [2.24, 2.45) is 0 Å². The van der Waals surface area contributed by atoms with Gasteiger partial charge >= 0.3 is 0 Å². The normalized spacial score (nSPS) is 10.0. The molecule has 0 saturated carbocycles. The van der Waals surface area contributed by atoms with Crippen molar-refractivity contribution in [3.63, 3.8) is 0 Å². The molecule has 0 heterocycles. The van der Waals surface area contributed by atoms with Crippen molar-refractivity contribution in [3.05, 3.63) is 12.2 Å². The van der Waals surface area contributed by atoms with Crippen molar-refractivity contribution >= 4 is 11.8 Å². The quantitative estimate of drug-likeness (QED) is 0.535. The minimum absolute atomic E-state index is 0.190. The highest BCUT2D eigenvalue weighted by Crippen LogP contribution is 1.85. The molecule has 0 fully saturated rings. The van der Waals surface area contributed by atoms with E-state index < -0.39 is 0 Å². The highest BCUT2D eigenvalue weighted by Gasteiger charge is 2.00. The van der Waals surface area contributed by atoms with Crippen molar-refractivity contribution in [2.75, 3.05) is 28.2 Å². The number of nitrogens with zero attached hydrogens (tertiary/aromatic N) is 2. The zero-order chi connectivity index (χ0) is 9.72. The van der Waals surface area contributed by atoms with Crippen LogP contribution in [-0.2, 0) is 9.59 Å². The van der Waals surface area contributed by atoms with E-state index in [1.165, 1.54) is 22.0 Å². The van der Waals surface area contributed by atoms with Gasteiger partial charge in [0.2, 0.25) is 11.8 Å². The number of carbonyl (C=O) groups excluding carboxylic acids is 2. The van der Waals surface area contributed by atoms with Gasteiger partial charge in [-0.2, -0.15) is 0 Å². The summed E-state index contributed by atoms with van der Waals surface area (Å²) < 4.78 is 0. The summed E-state index contributed by atoms with van der Waals surface area (Å²) in [6.07, 6.45) is 2.50. The molecule has 0 unspecified atom stereocenters. The number of rotatable bonds is 2. The number of amides is 2. The maximum atomic E-state index is 10.9. The Hall–Kier alpha value is -1.32. The standard InChI is InChI=1S/C8H14N2O2/c1-9(2)7(11)5-6-8(12)10(3)4/h5-6H,1-4H3/b6-5+. The van der Waals surface area contributed by atoms with Crippen molar-refractivity contribution in [2.45, 2.75) is 0 Å². The molecular formula is C8H14N2O2. The molecule has 0 aliphatic carbocycles. The first-order valence-electron chi connectivity index (χ1n) is 3.55. The van der Waals surface area contributed by atoms with Crippen molar-refractivity contribution in [3.8, 4) is 0 Å². The van der Waals surface area contributed by atoms with Gasteiger partial charge < -0.3 is 9.80 Å². The number of likely N-dealkylation sites (N-methyl/N-ethyl adjacent to an activating group) is 2. The van der Waals surface area contributed by atoms with E-state index in [4.69, 9.17) is 0 Å². The van der Waals surface area contributed by atoms with Crippen molar-refractivity contribution in [1.82, 2.24) is 9.80 Å². The second kappa shape index (κ2) is 4.54. The Balaban J connectivity index is 4.08. The zero-order valence-corrected chi connectivity index (χ0v) is 7.87. The van der Waals surface area contributed by atoms with Gasteiger partial charge in [0.05, 0.1) is 0 Å². The van der Waals surface area contributed by atoms with Crippen LogP contribution in [0.2, 0.25) is 0 Å². The molecule has 0 aliphatic rings. The van der Waals surface area contributed by atoms with Crippen LogP contribution in [0.1, 0.15) is 0 Å². The van der Waals surface area contributed by atoms with Crippen LogP contribution >= 0.6 is 0 Å². The summed E-state index contributed by atoms with van der Waals surface area (Å²) in [4.78, 5) is 24.7. The molecular weight excluding hydrogens is 156 g/mol. The zero-order valence-electron chi connectivity index (χ0n) is 7.87. The van der Waals surface area contributed by atoms with Crippen LogP contribution in [0.4, 0.5) is 0 Å². The fourth-order valence-corrected chi connectivity index (χ4v) is 0.441. The van der Waals surface area contributed by atoms with Crippen LogP contribution in [0.5, 0.6) is 0 Å². The minimum atomic E-state index is -0.190. The first kappa shape index (κ1) is 10.7. The summed E-state index contributed by atoms with van der Waals surface area (Å²) >= 11 is 0. The summed E-state index contributed by atoms with van der Waals surface area (Å²) in [5.74, 6) is -0.379. The van der Waals surface area contributed by atoms with Crippen molar-refractivity contribution in [1.29, 1.82) is 0 Å². The van der Waals surface area contributed by atoms with Gasteiger partial charge in [0.15, 0.2) is 0 Å². The van der Waals surface area contributed by atoms with E-state index in [0.717, 1.165) is 0 Å². The highest BCUT2D eigenvalue weighted by molar-refractivity contribution is 5.96. The number of carbonyl (C=O) groups is 2. The molecule has 0 aliphatic heterocycles. The Morgan fingerprint density at radius 2 is 1.08 bits per heavy atom. The maximum Gasteiger partial charge on any atom is 0.246 e. The lowest BCUT2D eigenvalue weighted by Gasteiger charge is -2.07. The van der Waals surface area contributed by atoms with Crippen LogP contribution < -0.4 is 0 Å². The average molecular weight is 170 g/mol. The Morgan fingerprint density at radius 1 is 0.833 bits per heavy atom. The molecule has 0 bridgehead atoms. The van der Waals surface area contributed by atoms with Gasteiger partial charge in [-0.25, -0.2) is 0 Å². The third-order valence-electron chi connectivity index (χ3n) is 1.25. The molecule has 0 aromatic rings. The molecule has 68 valence electrons. The number of hydrogen-bond donors (Lipinski definition) is 0. The van der Waals surface area contributed by atoms with Gasteiger partial charge in [0.25, 0.3) is 0 Å². The van der Waals surface area contributed by atoms with Gasteiger partial charge in [0.1, 0.15) is 0 Å². The molecule has 12 heavy (non-hydrogen) atoms. The molecule has 0 atom stereocenters. The van der Waals surface area contributed by atoms with Gasteiger partial charge in [-0.3, -0.25) is 9.59 Å². The molecule has 0 spiro atoms. The molecule has 0 aromatic heterocycles. The van der Waals surface area contributed by atoms with E-state index in [9.17, 15) is 9.59 Å². The Morgan fingerprint density at radius 3 is 1.25 bits per heavy atom. The van der Waals surface area contributed by atoms with Crippen LogP contribution in [0.3, 0.4) is 0 Å². The first-order valence-corrected chi connectivity index (χ1v) is 3.55. The first-order chi connectivity index (χ1) is 5.45. The van der Waals surface area contributed by atoms with E-state index in [2.05, 4.69) is 0 Å². The third kappa shape index (κ3) is 3.75. The van der Waals surface area contributed by atoms with Crippen molar-refractivity contribution < 1.29 is 9.59 Å². The van der Waals surface area contributed by atoms with E-state index in [1.54, 1.807) is 28.2 Å². The predicted octanol–water partition coefficient (Wildman–Crippen LogP) is -0.281. The lowest BCUT2D eigenvalue weighted by atomic mass is 10.4. The molecule has 0 rings (SSSR count). The Labute approximate surface area is 72.4 Å². The Bertz CT molecular complexity index is 185. The fourth-order valence-electron chi connectivity index (χ4n) is 0.441. The smallest absolute Gasteiger partial charge is 0.246 e. The maximum absolute atomic E-state index is 10.9. The number of hydrogen-bond acceptors (Lipinski definition) is 2. The summed E-state index contributed by atoms with van der Waals surface area (Å²) in [6.45, 7) is 0. The average Bonchev–Trinajstić information content (AvgIpc) is 1.98. The molecule has 2 amide bonds. The van der Waals surface area contributed by atoms with Gasteiger partial charge in [-0.05, 0) is 0 Å². The van der Waals surface area contributed by atoms with Gasteiger partial charge in [-0.15, -0.1) is 0 Å². The van der Waals surface area contributed by atoms with Crippen LogP contribution in [0, 0.1) is 0 Å². The van der Waals surface area contributed by atoms with E-state index in [1.807, 2.05) is 0 Å². The molecule has 4 heteroatoms. The van der Waals surface area contributed by atoms with Crippen LogP contribution in [0.15, 0.2) is 12.2 Å². The van der Waals surface area contributed by atoms with Crippen LogP contribution in [0.25, 0.3) is 0 Å². The molecule has 0 N–H and O–H groups in total. The van der Waals surface area contributed by atoms with E-state index in [-0.39, 0.29) is 11.8 Å². The third-order valence-corrected chi connectivity index (χ3v) is 1.25. The predicted molar refractivity (Wildman–Crippen MR) is 46.5 cm³/mol. The van der Waals surface area contributed by atoms with E-state index in [0.29, 0.717) is 0 Å². The summed E-state index contributed by atoms with van der Waals surface area (Å²) in [6, 6.07) is 0. The molecule has 0 radical (unpaired) electrons. The summed E-state index contributed by atoms with van der Waals surface area (Å²) in [5.41, 5.74) is 0. The SMILES string of the molecule is CN(C)C(=O)/C=C/C(=O)N(C)C. The minimum Gasteiger partial charge on any atom is -0.345 e. The second-order valence-electron chi connectivity index (χ2n) is 2.80. The van der Waals surface area contributed by atoms with Crippen LogP contribution in [-0.4, -0.2) is 49.8 Å². The topological polar surface area (TPSA) is 40.6 Å². The summed E-state index contributed by atoms with van der Waals surface area (Å²) in [7, 11) is 6.53. The van der Waals surface area contributed by atoms with Gasteiger partial charge in [0, 0.05) is 40.3 Å². The summed E-state index contributed by atoms with van der Waals surface area (Å²) in [5, 5.41) is 0. The fraction of sp³-hybridized carbons (Fsp3) is 0.500. The second-order valence-corrected chi connectivity index (χ2v) is 2.80. The molecule has 4 nitrogen and oxygen atoms in total. The molecule has 0 aromatic carbocycles. The van der Waals surface area contributed by atoms with Gasteiger partial charge in [-0.1, -0.05) is 0 Å². The highest BCUT2D eigenvalue weighted by atomic mass is 16.2.